The topological polar surface area (TPSA) is 41.3 Å². The van der Waals surface area contributed by atoms with Crippen LogP contribution in [-0.4, -0.2) is 26.2 Å². The standard InChI is InChI=1S/C13H19BrFN3/c1-2-17-12-6-11(15)10(14)5-13(12)18-4-3-9(7-16)8-18/h5-6,9,17H,2-4,7-8,16H2,1H3. The van der Waals surface area contributed by atoms with E-state index in [0.29, 0.717) is 10.4 Å². The van der Waals surface area contributed by atoms with E-state index in [1.54, 1.807) is 6.07 Å². The van der Waals surface area contributed by atoms with Crippen molar-refractivity contribution in [2.75, 3.05) is 36.4 Å². The van der Waals surface area contributed by atoms with Gasteiger partial charge in [-0.2, -0.15) is 0 Å². The van der Waals surface area contributed by atoms with E-state index < -0.39 is 0 Å². The number of hydrogen-bond acceptors (Lipinski definition) is 3. The van der Waals surface area contributed by atoms with Crippen molar-refractivity contribution in [2.45, 2.75) is 13.3 Å². The number of anilines is 2. The molecule has 1 aliphatic rings. The number of hydrogen-bond donors (Lipinski definition) is 2. The maximum atomic E-state index is 13.6. The molecule has 0 amide bonds. The van der Waals surface area contributed by atoms with Gasteiger partial charge >= 0.3 is 0 Å². The molecule has 1 unspecified atom stereocenters. The van der Waals surface area contributed by atoms with Crippen LogP contribution in [0.4, 0.5) is 15.8 Å². The summed E-state index contributed by atoms with van der Waals surface area (Å²) in [4.78, 5) is 2.28. The van der Waals surface area contributed by atoms with Gasteiger partial charge in [0.1, 0.15) is 5.82 Å². The molecule has 1 fully saturated rings. The summed E-state index contributed by atoms with van der Waals surface area (Å²) in [6.45, 7) is 5.44. The van der Waals surface area contributed by atoms with Gasteiger partial charge in [0.15, 0.2) is 0 Å². The predicted octanol–water partition coefficient (Wildman–Crippen LogP) is 2.80. The summed E-state index contributed by atoms with van der Waals surface area (Å²) >= 11 is 3.26. The Labute approximate surface area is 116 Å². The van der Waals surface area contributed by atoms with Crippen molar-refractivity contribution in [1.82, 2.24) is 0 Å². The zero-order valence-corrected chi connectivity index (χ0v) is 12.1. The number of halogens is 2. The first-order valence-electron chi connectivity index (χ1n) is 6.33. The largest absolute Gasteiger partial charge is 0.384 e. The number of benzene rings is 1. The molecule has 1 aliphatic heterocycles. The highest BCUT2D eigenvalue weighted by molar-refractivity contribution is 9.10. The van der Waals surface area contributed by atoms with Gasteiger partial charge in [-0.05, 0) is 47.8 Å². The van der Waals surface area contributed by atoms with Gasteiger partial charge < -0.3 is 16.0 Å². The molecule has 1 saturated heterocycles. The number of nitrogens with two attached hydrogens (primary N) is 1. The van der Waals surface area contributed by atoms with E-state index in [0.717, 1.165) is 44.0 Å². The molecule has 1 aromatic carbocycles. The van der Waals surface area contributed by atoms with Crippen LogP contribution in [-0.2, 0) is 0 Å². The summed E-state index contributed by atoms with van der Waals surface area (Å²) in [5.74, 6) is 0.313. The lowest BCUT2D eigenvalue weighted by molar-refractivity contribution is 0.602. The van der Waals surface area contributed by atoms with Crippen molar-refractivity contribution < 1.29 is 4.39 Å². The maximum absolute atomic E-state index is 13.6. The minimum atomic E-state index is -0.232. The van der Waals surface area contributed by atoms with Crippen molar-refractivity contribution >= 4 is 27.3 Å². The van der Waals surface area contributed by atoms with Crippen LogP contribution in [0.5, 0.6) is 0 Å². The Kier molecular flexibility index (Phi) is 4.45. The van der Waals surface area contributed by atoms with Gasteiger partial charge in [0.2, 0.25) is 0 Å². The first-order valence-corrected chi connectivity index (χ1v) is 7.13. The van der Waals surface area contributed by atoms with Crippen LogP contribution in [0.1, 0.15) is 13.3 Å². The molecule has 1 atom stereocenters. The van der Waals surface area contributed by atoms with Crippen LogP contribution in [0.15, 0.2) is 16.6 Å². The summed E-state index contributed by atoms with van der Waals surface area (Å²) < 4.78 is 14.1. The van der Waals surface area contributed by atoms with Crippen LogP contribution in [0.3, 0.4) is 0 Å². The normalized spacial score (nSPS) is 19.3. The molecule has 3 nitrogen and oxygen atoms in total. The Morgan fingerprint density at radius 1 is 1.56 bits per heavy atom. The molecule has 1 heterocycles. The molecule has 1 aromatic rings. The third-order valence-corrected chi connectivity index (χ3v) is 3.97. The van der Waals surface area contributed by atoms with Gasteiger partial charge in [-0.3, -0.25) is 0 Å². The SMILES string of the molecule is CCNc1cc(F)c(Br)cc1N1CCC(CN)C1. The highest BCUT2D eigenvalue weighted by atomic mass is 79.9. The van der Waals surface area contributed by atoms with Crippen molar-refractivity contribution in [1.29, 1.82) is 0 Å². The molecule has 0 saturated carbocycles. The van der Waals surface area contributed by atoms with Gasteiger partial charge in [-0.15, -0.1) is 0 Å². The van der Waals surface area contributed by atoms with Gasteiger partial charge in [0, 0.05) is 25.7 Å². The molecule has 0 aliphatic carbocycles. The quantitative estimate of drug-likeness (QED) is 0.897. The van der Waals surface area contributed by atoms with E-state index in [1.165, 1.54) is 0 Å². The van der Waals surface area contributed by atoms with Crippen LogP contribution in [0, 0.1) is 11.7 Å². The Bertz CT molecular complexity index is 425. The second-order valence-electron chi connectivity index (χ2n) is 4.65. The second kappa shape index (κ2) is 5.89. The van der Waals surface area contributed by atoms with Crippen molar-refractivity contribution in [3.05, 3.63) is 22.4 Å². The van der Waals surface area contributed by atoms with E-state index >= 15 is 0 Å². The molecule has 3 N–H and O–H groups in total. The summed E-state index contributed by atoms with van der Waals surface area (Å²) in [7, 11) is 0. The van der Waals surface area contributed by atoms with Gasteiger partial charge in [-0.25, -0.2) is 4.39 Å². The fraction of sp³-hybridized carbons (Fsp3) is 0.538. The molecule has 100 valence electrons. The van der Waals surface area contributed by atoms with E-state index in [1.807, 2.05) is 13.0 Å². The minimum Gasteiger partial charge on any atom is -0.384 e. The van der Waals surface area contributed by atoms with Crippen LogP contribution in [0.2, 0.25) is 0 Å². The Morgan fingerprint density at radius 2 is 2.33 bits per heavy atom. The molecular weight excluding hydrogens is 297 g/mol. The Hall–Kier alpha value is -0.810. The smallest absolute Gasteiger partial charge is 0.139 e. The summed E-state index contributed by atoms with van der Waals surface area (Å²) in [5, 5.41) is 3.22. The van der Waals surface area contributed by atoms with Gasteiger partial charge in [0.05, 0.1) is 15.8 Å². The number of nitrogens with zero attached hydrogens (tertiary/aromatic N) is 1. The van der Waals surface area contributed by atoms with E-state index in [-0.39, 0.29) is 5.82 Å². The first-order chi connectivity index (χ1) is 8.65. The molecular formula is C13H19BrFN3. The third-order valence-electron chi connectivity index (χ3n) is 3.37. The zero-order valence-electron chi connectivity index (χ0n) is 10.5. The van der Waals surface area contributed by atoms with Crippen molar-refractivity contribution in [3.8, 4) is 0 Å². The first kappa shape index (κ1) is 13.6. The molecule has 0 aromatic heterocycles. The van der Waals surface area contributed by atoms with E-state index in [9.17, 15) is 4.39 Å². The molecule has 5 heteroatoms. The number of nitrogens with one attached hydrogen (secondary N) is 1. The fourth-order valence-corrected chi connectivity index (χ4v) is 2.71. The highest BCUT2D eigenvalue weighted by Crippen LogP contribution is 2.34. The molecule has 2 rings (SSSR count). The third kappa shape index (κ3) is 2.78. The van der Waals surface area contributed by atoms with E-state index in [4.69, 9.17) is 5.73 Å². The minimum absolute atomic E-state index is 0.232. The maximum Gasteiger partial charge on any atom is 0.139 e. The summed E-state index contributed by atoms with van der Waals surface area (Å²) in [6.07, 6.45) is 1.11. The molecule has 18 heavy (non-hydrogen) atoms. The highest BCUT2D eigenvalue weighted by Gasteiger charge is 2.24. The van der Waals surface area contributed by atoms with Gasteiger partial charge in [0.25, 0.3) is 0 Å². The van der Waals surface area contributed by atoms with E-state index in [2.05, 4.69) is 26.1 Å². The average molecular weight is 316 g/mol. The molecule has 0 spiro atoms. The Morgan fingerprint density at radius 3 is 2.94 bits per heavy atom. The second-order valence-corrected chi connectivity index (χ2v) is 5.50. The van der Waals surface area contributed by atoms with Crippen molar-refractivity contribution in [3.63, 3.8) is 0 Å². The predicted molar refractivity (Wildman–Crippen MR) is 77.6 cm³/mol. The number of rotatable bonds is 4. The lowest BCUT2D eigenvalue weighted by Crippen LogP contribution is -2.23. The molecule has 0 radical (unpaired) electrons. The lowest BCUT2D eigenvalue weighted by Gasteiger charge is -2.23. The summed E-state index contributed by atoms with van der Waals surface area (Å²) in [5.41, 5.74) is 7.63. The lowest BCUT2D eigenvalue weighted by atomic mass is 10.1. The van der Waals surface area contributed by atoms with Gasteiger partial charge in [-0.1, -0.05) is 0 Å². The van der Waals surface area contributed by atoms with Crippen LogP contribution < -0.4 is 16.0 Å². The zero-order chi connectivity index (χ0) is 13.1. The average Bonchev–Trinajstić information content (AvgIpc) is 2.82. The molecule has 0 bridgehead atoms. The monoisotopic (exact) mass is 315 g/mol. The van der Waals surface area contributed by atoms with Crippen LogP contribution >= 0.6 is 15.9 Å². The fourth-order valence-electron chi connectivity index (χ4n) is 2.37. The Balaban J connectivity index is 2.28. The van der Waals surface area contributed by atoms with Crippen molar-refractivity contribution in [2.24, 2.45) is 11.7 Å². The van der Waals surface area contributed by atoms with Crippen LogP contribution in [0.25, 0.3) is 0 Å². The summed E-state index contributed by atoms with van der Waals surface area (Å²) in [6, 6.07) is 3.41.